The monoisotopic (exact) mass is 414 g/mol. The molecule has 0 unspecified atom stereocenters. The van der Waals surface area contributed by atoms with E-state index in [1.54, 1.807) is 12.1 Å². The number of carbonyl (C=O) groups excluding carboxylic acids is 1. The van der Waals surface area contributed by atoms with Crippen molar-refractivity contribution in [2.24, 2.45) is 0 Å². The molecule has 0 saturated carbocycles. The van der Waals surface area contributed by atoms with Crippen LogP contribution in [0.25, 0.3) is 0 Å². The van der Waals surface area contributed by atoms with E-state index in [0.29, 0.717) is 57.4 Å². The second-order valence-electron chi connectivity index (χ2n) is 7.03. The van der Waals surface area contributed by atoms with Crippen molar-refractivity contribution in [2.45, 2.75) is 38.6 Å². The summed E-state index contributed by atoms with van der Waals surface area (Å²) in [6, 6.07) is 4.82. The van der Waals surface area contributed by atoms with Gasteiger partial charge in [-0.3, -0.25) is 4.79 Å². The first-order valence-corrected chi connectivity index (χ1v) is 11.2. The zero-order valence-electron chi connectivity index (χ0n) is 17.2. The number of nitrogens with zero attached hydrogens (tertiary/aromatic N) is 1. The van der Waals surface area contributed by atoms with Crippen LogP contribution in [0.5, 0.6) is 11.5 Å². The van der Waals surface area contributed by atoms with Crippen LogP contribution in [-0.2, 0) is 14.8 Å². The van der Waals surface area contributed by atoms with E-state index >= 15 is 0 Å². The maximum atomic E-state index is 13.0. The van der Waals surface area contributed by atoms with E-state index < -0.39 is 10.0 Å². The van der Waals surface area contributed by atoms with Crippen LogP contribution in [0.3, 0.4) is 0 Å². The molecule has 1 fully saturated rings. The molecule has 1 heterocycles. The van der Waals surface area contributed by atoms with Crippen LogP contribution in [0.2, 0.25) is 0 Å². The van der Waals surface area contributed by atoms with E-state index in [-0.39, 0.29) is 16.8 Å². The molecule has 0 bridgehead atoms. The maximum Gasteiger partial charge on any atom is 0.275 e. The molecule has 0 radical (unpaired) electrons. The molecule has 28 heavy (non-hydrogen) atoms. The number of nitrogens with one attached hydrogen (secondary N) is 2. The first kappa shape index (κ1) is 22.4. The molecule has 0 spiro atoms. The van der Waals surface area contributed by atoms with Crippen LogP contribution in [0, 0.1) is 0 Å². The van der Waals surface area contributed by atoms with Crippen molar-refractivity contribution in [2.75, 3.05) is 45.9 Å². The number of quaternary nitrogens is 1. The summed E-state index contributed by atoms with van der Waals surface area (Å²) in [4.78, 5) is 13.2. The molecule has 1 saturated heterocycles. The van der Waals surface area contributed by atoms with Crippen molar-refractivity contribution >= 4 is 15.9 Å². The number of rotatable bonds is 9. The summed E-state index contributed by atoms with van der Waals surface area (Å²) in [5.41, 5.74) is 0. The lowest BCUT2D eigenvalue weighted by atomic mass is 10.3. The fourth-order valence-electron chi connectivity index (χ4n) is 3.16. The molecule has 2 N–H and O–H groups in total. The Morgan fingerprint density at radius 3 is 2.32 bits per heavy atom. The number of hydrogen-bond donors (Lipinski definition) is 2. The van der Waals surface area contributed by atoms with Crippen LogP contribution >= 0.6 is 0 Å². The molecule has 1 amide bonds. The molecule has 0 atom stereocenters. The molecule has 158 valence electrons. The van der Waals surface area contributed by atoms with Crippen LogP contribution < -0.4 is 19.7 Å². The third kappa shape index (κ3) is 5.83. The molecule has 0 aliphatic carbocycles. The van der Waals surface area contributed by atoms with Gasteiger partial charge in [-0.05, 0) is 39.8 Å². The fraction of sp³-hybridized carbons (Fsp3) is 0.632. The quantitative estimate of drug-likeness (QED) is 0.589. The minimum absolute atomic E-state index is 0.00539. The number of amides is 1. The van der Waals surface area contributed by atoms with Gasteiger partial charge in [-0.25, -0.2) is 8.42 Å². The highest BCUT2D eigenvalue weighted by Crippen LogP contribution is 2.31. The molecule has 1 aliphatic rings. The summed E-state index contributed by atoms with van der Waals surface area (Å²) in [7, 11) is -3.62. The molecule has 1 aliphatic heterocycles. The molecular formula is C19H32N3O5S+. The number of piperazine rings is 1. The van der Waals surface area contributed by atoms with E-state index in [1.807, 2.05) is 27.7 Å². The van der Waals surface area contributed by atoms with Gasteiger partial charge in [0.25, 0.3) is 5.91 Å². The van der Waals surface area contributed by atoms with Crippen molar-refractivity contribution in [3.8, 4) is 11.5 Å². The summed E-state index contributed by atoms with van der Waals surface area (Å²) in [5.74, 6) is 0.961. The highest BCUT2D eigenvalue weighted by molar-refractivity contribution is 7.89. The van der Waals surface area contributed by atoms with Crippen molar-refractivity contribution in [1.82, 2.24) is 9.62 Å². The van der Waals surface area contributed by atoms with Gasteiger partial charge in [-0.1, -0.05) is 0 Å². The van der Waals surface area contributed by atoms with Gasteiger partial charge in [-0.15, -0.1) is 0 Å². The van der Waals surface area contributed by atoms with E-state index in [9.17, 15) is 13.2 Å². The van der Waals surface area contributed by atoms with Gasteiger partial charge in [0.15, 0.2) is 18.0 Å². The zero-order chi connectivity index (χ0) is 20.7. The van der Waals surface area contributed by atoms with Gasteiger partial charge in [0.2, 0.25) is 10.0 Å². The molecule has 9 heteroatoms. The summed E-state index contributed by atoms with van der Waals surface area (Å²) < 4.78 is 38.6. The lowest BCUT2D eigenvalue weighted by Crippen LogP contribution is -3.15. The summed E-state index contributed by atoms with van der Waals surface area (Å²) in [6.07, 6.45) is 0. The summed E-state index contributed by atoms with van der Waals surface area (Å²) in [6.45, 7) is 10.8. The molecule has 1 aromatic rings. The Hall–Kier alpha value is -1.84. The smallest absolute Gasteiger partial charge is 0.275 e. The van der Waals surface area contributed by atoms with Crippen molar-refractivity contribution in [1.29, 1.82) is 0 Å². The number of hydrogen-bond acceptors (Lipinski definition) is 5. The SMILES string of the molecule is CCOc1ccc(S(=O)(=O)N2CC[NH+](CC(=O)NC(C)C)CC2)cc1OCC. The van der Waals surface area contributed by atoms with Gasteiger partial charge >= 0.3 is 0 Å². The largest absolute Gasteiger partial charge is 0.490 e. The molecule has 1 aromatic carbocycles. The summed E-state index contributed by atoms with van der Waals surface area (Å²) in [5, 5.41) is 2.87. The van der Waals surface area contributed by atoms with E-state index in [4.69, 9.17) is 9.47 Å². The second-order valence-corrected chi connectivity index (χ2v) is 8.97. The topological polar surface area (TPSA) is 89.4 Å². The number of benzene rings is 1. The van der Waals surface area contributed by atoms with Crippen molar-refractivity contribution in [3.63, 3.8) is 0 Å². The molecular weight excluding hydrogens is 382 g/mol. The van der Waals surface area contributed by atoms with Crippen molar-refractivity contribution < 1.29 is 27.6 Å². The zero-order valence-corrected chi connectivity index (χ0v) is 18.0. The van der Waals surface area contributed by atoms with Gasteiger partial charge in [0.05, 0.1) is 44.3 Å². The predicted molar refractivity (Wildman–Crippen MR) is 106 cm³/mol. The van der Waals surface area contributed by atoms with Crippen LogP contribution in [0.15, 0.2) is 23.1 Å². The Morgan fingerprint density at radius 1 is 1.14 bits per heavy atom. The second kappa shape index (κ2) is 10.1. The molecule has 8 nitrogen and oxygen atoms in total. The third-order valence-electron chi connectivity index (χ3n) is 4.44. The average molecular weight is 415 g/mol. The van der Waals surface area contributed by atoms with E-state index in [0.717, 1.165) is 4.90 Å². The van der Waals surface area contributed by atoms with Crippen LogP contribution in [-0.4, -0.2) is 70.6 Å². The van der Waals surface area contributed by atoms with Gasteiger partial charge < -0.3 is 19.7 Å². The number of ether oxygens (including phenoxy) is 2. The van der Waals surface area contributed by atoms with Crippen LogP contribution in [0.4, 0.5) is 0 Å². The van der Waals surface area contributed by atoms with E-state index in [1.165, 1.54) is 10.4 Å². The Bertz CT molecular complexity index is 759. The lowest BCUT2D eigenvalue weighted by molar-refractivity contribution is -0.895. The first-order valence-electron chi connectivity index (χ1n) is 9.80. The Balaban J connectivity index is 2.05. The highest BCUT2D eigenvalue weighted by Gasteiger charge is 2.31. The Morgan fingerprint density at radius 2 is 1.75 bits per heavy atom. The molecule has 0 aromatic heterocycles. The average Bonchev–Trinajstić information content (AvgIpc) is 2.63. The Kier molecular flexibility index (Phi) is 8.09. The summed E-state index contributed by atoms with van der Waals surface area (Å²) >= 11 is 0. The van der Waals surface area contributed by atoms with Gasteiger partial charge in [0.1, 0.15) is 0 Å². The minimum Gasteiger partial charge on any atom is -0.490 e. The predicted octanol–water partition coefficient (Wildman–Crippen LogP) is -0.102. The first-order chi connectivity index (χ1) is 13.3. The van der Waals surface area contributed by atoms with Crippen LogP contribution in [0.1, 0.15) is 27.7 Å². The number of carbonyl (C=O) groups is 1. The Labute approximate surface area is 167 Å². The van der Waals surface area contributed by atoms with E-state index in [2.05, 4.69) is 5.32 Å². The van der Waals surface area contributed by atoms with Gasteiger partial charge in [-0.2, -0.15) is 4.31 Å². The third-order valence-corrected chi connectivity index (χ3v) is 6.34. The normalized spacial score (nSPS) is 16.2. The lowest BCUT2D eigenvalue weighted by Gasteiger charge is -2.31. The van der Waals surface area contributed by atoms with Crippen molar-refractivity contribution in [3.05, 3.63) is 18.2 Å². The fourth-order valence-corrected chi connectivity index (χ4v) is 4.62. The van der Waals surface area contributed by atoms with Gasteiger partial charge in [0, 0.05) is 12.1 Å². The number of sulfonamides is 1. The standard InChI is InChI=1S/C19H31N3O5S/c1-5-26-17-8-7-16(13-18(17)27-6-2)28(24,25)22-11-9-21(10-12-22)14-19(23)20-15(3)4/h7-8,13,15H,5-6,9-12,14H2,1-4H3,(H,20,23)/p+1. The highest BCUT2D eigenvalue weighted by atomic mass is 32.2. The molecule has 2 rings (SSSR count). The minimum atomic E-state index is -3.62. The maximum absolute atomic E-state index is 13.0.